The Balaban J connectivity index is 0.00000128. The number of halogens is 1. The van der Waals surface area contributed by atoms with Crippen LogP contribution in [0.1, 0.15) is 23.2 Å². The molecule has 0 spiro atoms. The smallest absolute Gasteiger partial charge is 0.251 e. The Kier molecular flexibility index (Phi) is 5.29. The first-order valence-electron chi connectivity index (χ1n) is 5.43. The number of amides is 1. The SMILES string of the molecule is Cl.O=C(NCC1CCCN1)c1ccccc1. The summed E-state index contributed by atoms with van der Waals surface area (Å²) in [7, 11) is 0. The molecule has 0 aromatic heterocycles. The van der Waals surface area contributed by atoms with Gasteiger partial charge in [0.05, 0.1) is 0 Å². The van der Waals surface area contributed by atoms with Crippen molar-refractivity contribution in [3.8, 4) is 0 Å². The average molecular weight is 241 g/mol. The maximum atomic E-state index is 11.7. The van der Waals surface area contributed by atoms with E-state index in [1.165, 1.54) is 6.42 Å². The molecule has 1 atom stereocenters. The Morgan fingerprint density at radius 3 is 2.75 bits per heavy atom. The molecule has 1 heterocycles. The molecule has 3 nitrogen and oxygen atoms in total. The van der Waals surface area contributed by atoms with E-state index < -0.39 is 0 Å². The Morgan fingerprint density at radius 1 is 1.38 bits per heavy atom. The quantitative estimate of drug-likeness (QED) is 0.843. The lowest BCUT2D eigenvalue weighted by Gasteiger charge is -2.11. The molecule has 2 N–H and O–H groups in total. The van der Waals surface area contributed by atoms with Crippen molar-refractivity contribution in [3.63, 3.8) is 0 Å². The maximum absolute atomic E-state index is 11.7. The summed E-state index contributed by atoms with van der Waals surface area (Å²) < 4.78 is 0. The lowest BCUT2D eigenvalue weighted by atomic mass is 10.2. The predicted molar refractivity (Wildman–Crippen MR) is 67.0 cm³/mol. The van der Waals surface area contributed by atoms with E-state index in [1.807, 2.05) is 30.3 Å². The number of hydrogen-bond acceptors (Lipinski definition) is 2. The molecule has 2 rings (SSSR count). The zero-order valence-electron chi connectivity index (χ0n) is 9.11. The van der Waals surface area contributed by atoms with Crippen LogP contribution < -0.4 is 10.6 Å². The highest BCUT2D eigenvalue weighted by molar-refractivity contribution is 5.94. The summed E-state index contributed by atoms with van der Waals surface area (Å²) in [4.78, 5) is 11.7. The van der Waals surface area contributed by atoms with Gasteiger partial charge in [-0.15, -0.1) is 12.4 Å². The third-order valence-corrected chi connectivity index (χ3v) is 2.71. The highest BCUT2D eigenvalue weighted by atomic mass is 35.5. The molecule has 88 valence electrons. The van der Waals surface area contributed by atoms with E-state index in [1.54, 1.807) is 0 Å². The van der Waals surface area contributed by atoms with Crippen LogP contribution in [0.2, 0.25) is 0 Å². The van der Waals surface area contributed by atoms with Gasteiger partial charge in [0, 0.05) is 18.2 Å². The van der Waals surface area contributed by atoms with Crippen molar-refractivity contribution in [2.45, 2.75) is 18.9 Å². The molecule has 1 saturated heterocycles. The summed E-state index contributed by atoms with van der Waals surface area (Å²) >= 11 is 0. The van der Waals surface area contributed by atoms with E-state index in [0.29, 0.717) is 6.04 Å². The maximum Gasteiger partial charge on any atom is 0.251 e. The molecule has 0 radical (unpaired) electrons. The van der Waals surface area contributed by atoms with E-state index in [-0.39, 0.29) is 18.3 Å². The van der Waals surface area contributed by atoms with Crippen molar-refractivity contribution >= 4 is 18.3 Å². The Bertz CT molecular complexity index is 323. The summed E-state index contributed by atoms with van der Waals surface area (Å²) in [5.41, 5.74) is 0.732. The predicted octanol–water partition coefficient (Wildman–Crippen LogP) is 1.59. The summed E-state index contributed by atoms with van der Waals surface area (Å²) in [5, 5.41) is 6.29. The van der Waals surface area contributed by atoms with E-state index in [0.717, 1.165) is 25.1 Å². The first-order valence-corrected chi connectivity index (χ1v) is 5.43. The Morgan fingerprint density at radius 2 is 2.12 bits per heavy atom. The second-order valence-corrected chi connectivity index (χ2v) is 3.87. The highest BCUT2D eigenvalue weighted by Gasteiger charge is 2.14. The zero-order valence-corrected chi connectivity index (χ0v) is 9.93. The van der Waals surface area contributed by atoms with Crippen molar-refractivity contribution in [1.29, 1.82) is 0 Å². The lowest BCUT2D eigenvalue weighted by molar-refractivity contribution is 0.0950. The van der Waals surface area contributed by atoms with Crippen molar-refractivity contribution in [2.75, 3.05) is 13.1 Å². The molecule has 1 unspecified atom stereocenters. The molecule has 1 fully saturated rings. The van der Waals surface area contributed by atoms with Crippen LogP contribution in [0.3, 0.4) is 0 Å². The Hall–Kier alpha value is -1.06. The van der Waals surface area contributed by atoms with Crippen molar-refractivity contribution in [2.24, 2.45) is 0 Å². The summed E-state index contributed by atoms with van der Waals surface area (Å²) in [6.45, 7) is 1.81. The third-order valence-electron chi connectivity index (χ3n) is 2.71. The third kappa shape index (κ3) is 3.51. The number of rotatable bonds is 3. The first-order chi connectivity index (χ1) is 7.36. The van der Waals surface area contributed by atoms with Crippen molar-refractivity contribution in [3.05, 3.63) is 35.9 Å². The summed E-state index contributed by atoms with van der Waals surface area (Å²) in [6, 6.07) is 9.79. The number of carbonyl (C=O) groups excluding carboxylic acids is 1. The number of benzene rings is 1. The van der Waals surface area contributed by atoms with Crippen LogP contribution in [0.5, 0.6) is 0 Å². The zero-order chi connectivity index (χ0) is 10.5. The van der Waals surface area contributed by atoms with Gasteiger partial charge >= 0.3 is 0 Å². The minimum Gasteiger partial charge on any atom is -0.350 e. The molecular formula is C12H17ClN2O. The standard InChI is InChI=1S/C12H16N2O.ClH/c15-12(10-5-2-1-3-6-10)14-9-11-7-4-8-13-11;/h1-3,5-6,11,13H,4,7-9H2,(H,14,15);1H. The lowest BCUT2D eigenvalue weighted by Crippen LogP contribution is -2.37. The largest absolute Gasteiger partial charge is 0.350 e. The van der Waals surface area contributed by atoms with E-state index in [2.05, 4.69) is 10.6 Å². The fourth-order valence-electron chi connectivity index (χ4n) is 1.84. The fraction of sp³-hybridized carbons (Fsp3) is 0.417. The van der Waals surface area contributed by atoms with Gasteiger partial charge in [-0.25, -0.2) is 0 Å². The van der Waals surface area contributed by atoms with Crippen LogP contribution >= 0.6 is 12.4 Å². The van der Waals surface area contributed by atoms with Gasteiger partial charge in [-0.1, -0.05) is 18.2 Å². The van der Waals surface area contributed by atoms with Gasteiger partial charge in [0.25, 0.3) is 5.91 Å². The van der Waals surface area contributed by atoms with Crippen LogP contribution in [-0.2, 0) is 0 Å². The molecule has 0 aliphatic carbocycles. The molecule has 1 amide bonds. The van der Waals surface area contributed by atoms with Gasteiger partial charge in [0.2, 0.25) is 0 Å². The van der Waals surface area contributed by atoms with Gasteiger partial charge in [0.15, 0.2) is 0 Å². The summed E-state index contributed by atoms with van der Waals surface area (Å²) in [6.07, 6.45) is 2.38. The molecule has 0 saturated carbocycles. The monoisotopic (exact) mass is 240 g/mol. The van der Waals surface area contributed by atoms with Gasteiger partial charge in [0.1, 0.15) is 0 Å². The van der Waals surface area contributed by atoms with Gasteiger partial charge in [-0.3, -0.25) is 4.79 Å². The topological polar surface area (TPSA) is 41.1 Å². The number of nitrogens with one attached hydrogen (secondary N) is 2. The molecule has 1 aliphatic rings. The van der Waals surface area contributed by atoms with E-state index >= 15 is 0 Å². The minimum absolute atomic E-state index is 0. The molecule has 0 bridgehead atoms. The second-order valence-electron chi connectivity index (χ2n) is 3.87. The molecule has 1 aliphatic heterocycles. The summed E-state index contributed by atoms with van der Waals surface area (Å²) in [5.74, 6) is 0.0179. The second kappa shape index (κ2) is 6.51. The van der Waals surface area contributed by atoms with Crippen molar-refractivity contribution < 1.29 is 4.79 Å². The van der Waals surface area contributed by atoms with E-state index in [9.17, 15) is 4.79 Å². The average Bonchev–Trinajstić information content (AvgIpc) is 2.80. The molecule has 1 aromatic carbocycles. The number of carbonyl (C=O) groups is 1. The van der Waals surface area contributed by atoms with Gasteiger partial charge in [-0.05, 0) is 31.5 Å². The first kappa shape index (κ1) is 13.0. The Labute approximate surface area is 102 Å². The van der Waals surface area contributed by atoms with Gasteiger partial charge in [-0.2, -0.15) is 0 Å². The van der Waals surface area contributed by atoms with Crippen LogP contribution in [0.4, 0.5) is 0 Å². The fourth-order valence-corrected chi connectivity index (χ4v) is 1.84. The van der Waals surface area contributed by atoms with E-state index in [4.69, 9.17) is 0 Å². The van der Waals surface area contributed by atoms with Crippen LogP contribution in [0, 0.1) is 0 Å². The molecule has 1 aromatic rings. The van der Waals surface area contributed by atoms with Crippen LogP contribution in [0.15, 0.2) is 30.3 Å². The van der Waals surface area contributed by atoms with Gasteiger partial charge < -0.3 is 10.6 Å². The van der Waals surface area contributed by atoms with Crippen molar-refractivity contribution in [1.82, 2.24) is 10.6 Å². The molecule has 16 heavy (non-hydrogen) atoms. The minimum atomic E-state index is 0. The molecular weight excluding hydrogens is 224 g/mol. The highest BCUT2D eigenvalue weighted by Crippen LogP contribution is 2.04. The normalized spacial score (nSPS) is 18.9. The number of hydrogen-bond donors (Lipinski definition) is 2. The molecule has 4 heteroatoms. The van der Waals surface area contributed by atoms with Crippen LogP contribution in [-0.4, -0.2) is 25.0 Å². The van der Waals surface area contributed by atoms with Crippen LogP contribution in [0.25, 0.3) is 0 Å².